The second-order valence-corrected chi connectivity index (χ2v) is 7.03. The third kappa shape index (κ3) is 3.79. The first-order valence-corrected chi connectivity index (χ1v) is 9.53. The minimum atomic E-state index is -0.271. The summed E-state index contributed by atoms with van der Waals surface area (Å²) < 4.78 is 0. The van der Waals surface area contributed by atoms with Crippen LogP contribution in [0.15, 0.2) is 109 Å². The molecule has 0 aliphatic carbocycles. The Kier molecular flexibility index (Phi) is 5.16. The van der Waals surface area contributed by atoms with E-state index in [0.717, 1.165) is 33.4 Å². The Morgan fingerprint density at radius 3 is 1.32 bits per heavy atom. The first kappa shape index (κ1) is 17.9. The molecule has 136 valence electrons. The fraction of sp³-hybridized carbons (Fsp3) is 0.0741. The lowest BCUT2D eigenvalue weighted by molar-refractivity contribution is -0.117. The van der Waals surface area contributed by atoms with Crippen molar-refractivity contribution >= 4 is 5.78 Å². The normalized spacial score (nSPS) is 10.8. The highest BCUT2D eigenvalue weighted by atomic mass is 16.1. The SMILES string of the molecule is CC(=O)C(c1cccc(-c2ccccc2)c1)c1cccc(-c2ccccc2)c1. The van der Waals surface area contributed by atoms with Crippen LogP contribution in [-0.4, -0.2) is 5.78 Å². The molecule has 0 heterocycles. The number of ketones is 1. The van der Waals surface area contributed by atoms with Crippen LogP contribution < -0.4 is 0 Å². The van der Waals surface area contributed by atoms with Crippen molar-refractivity contribution in [2.24, 2.45) is 0 Å². The molecule has 0 saturated carbocycles. The third-order valence-corrected chi connectivity index (χ3v) is 5.06. The van der Waals surface area contributed by atoms with Crippen molar-refractivity contribution in [3.63, 3.8) is 0 Å². The molecule has 0 bridgehead atoms. The smallest absolute Gasteiger partial charge is 0.141 e. The summed E-state index contributed by atoms with van der Waals surface area (Å²) in [5.74, 6) is -0.122. The Bertz CT molecular complexity index is 998. The highest BCUT2D eigenvalue weighted by molar-refractivity contribution is 5.88. The zero-order valence-electron chi connectivity index (χ0n) is 15.9. The van der Waals surface area contributed by atoms with Gasteiger partial charge in [0.05, 0.1) is 5.92 Å². The van der Waals surface area contributed by atoms with E-state index < -0.39 is 0 Å². The van der Waals surface area contributed by atoms with E-state index in [1.807, 2.05) is 60.7 Å². The van der Waals surface area contributed by atoms with Gasteiger partial charge in [0.15, 0.2) is 0 Å². The van der Waals surface area contributed by atoms with Crippen molar-refractivity contribution in [2.75, 3.05) is 0 Å². The summed E-state index contributed by atoms with van der Waals surface area (Å²) in [6.45, 7) is 1.68. The number of rotatable bonds is 5. The van der Waals surface area contributed by atoms with E-state index in [-0.39, 0.29) is 11.7 Å². The fourth-order valence-corrected chi connectivity index (χ4v) is 3.72. The van der Waals surface area contributed by atoms with Gasteiger partial charge in [-0.3, -0.25) is 4.79 Å². The molecule has 0 radical (unpaired) electrons. The highest BCUT2D eigenvalue weighted by Crippen LogP contribution is 2.31. The van der Waals surface area contributed by atoms with Crippen molar-refractivity contribution < 1.29 is 4.79 Å². The van der Waals surface area contributed by atoms with Gasteiger partial charge >= 0.3 is 0 Å². The zero-order valence-corrected chi connectivity index (χ0v) is 15.9. The molecule has 0 amide bonds. The second-order valence-electron chi connectivity index (χ2n) is 7.03. The molecule has 4 rings (SSSR count). The summed E-state index contributed by atoms with van der Waals surface area (Å²) in [6, 6.07) is 37.2. The summed E-state index contributed by atoms with van der Waals surface area (Å²) in [4.78, 5) is 12.6. The van der Waals surface area contributed by atoms with Gasteiger partial charge in [-0.05, 0) is 40.3 Å². The predicted octanol–water partition coefficient (Wildman–Crippen LogP) is 6.74. The van der Waals surface area contributed by atoms with E-state index in [4.69, 9.17) is 0 Å². The molecule has 0 saturated heterocycles. The number of hydrogen-bond donors (Lipinski definition) is 0. The molecule has 0 unspecified atom stereocenters. The largest absolute Gasteiger partial charge is 0.299 e. The zero-order chi connectivity index (χ0) is 19.3. The lowest BCUT2D eigenvalue weighted by Gasteiger charge is -2.17. The van der Waals surface area contributed by atoms with E-state index in [2.05, 4.69) is 48.5 Å². The van der Waals surface area contributed by atoms with Gasteiger partial charge in [-0.2, -0.15) is 0 Å². The molecule has 0 atom stereocenters. The van der Waals surface area contributed by atoms with Crippen LogP contribution in [0.25, 0.3) is 22.3 Å². The fourth-order valence-electron chi connectivity index (χ4n) is 3.72. The number of benzene rings is 4. The van der Waals surface area contributed by atoms with Crippen LogP contribution in [0.1, 0.15) is 24.0 Å². The first-order chi connectivity index (χ1) is 13.7. The average Bonchev–Trinajstić information content (AvgIpc) is 2.75. The molecule has 4 aromatic rings. The summed E-state index contributed by atoms with van der Waals surface area (Å²) in [5.41, 5.74) is 6.62. The van der Waals surface area contributed by atoms with E-state index in [1.165, 1.54) is 0 Å². The van der Waals surface area contributed by atoms with Crippen LogP contribution in [0.3, 0.4) is 0 Å². The Morgan fingerprint density at radius 2 is 0.929 bits per heavy atom. The average molecular weight is 362 g/mol. The maximum atomic E-state index is 12.6. The van der Waals surface area contributed by atoms with Crippen LogP contribution in [0, 0.1) is 0 Å². The quantitative estimate of drug-likeness (QED) is 0.384. The maximum Gasteiger partial charge on any atom is 0.141 e. The van der Waals surface area contributed by atoms with Gasteiger partial charge in [0.1, 0.15) is 5.78 Å². The summed E-state index contributed by atoms with van der Waals surface area (Å²) in [7, 11) is 0. The highest BCUT2D eigenvalue weighted by Gasteiger charge is 2.20. The standard InChI is InChI=1S/C27H22O/c1-20(28)27(25-16-8-14-23(18-25)21-10-4-2-5-11-21)26-17-9-15-24(19-26)22-12-6-3-7-13-22/h2-19,27H,1H3. The van der Waals surface area contributed by atoms with Gasteiger partial charge in [0, 0.05) is 0 Å². The molecular formula is C27H22O. The molecule has 4 aromatic carbocycles. The maximum absolute atomic E-state index is 12.6. The molecule has 0 aliphatic rings. The van der Waals surface area contributed by atoms with Crippen LogP contribution >= 0.6 is 0 Å². The molecule has 0 spiro atoms. The number of Topliss-reactive ketones (excluding diaryl/α,β-unsaturated/α-hetero) is 1. The van der Waals surface area contributed by atoms with E-state index in [9.17, 15) is 4.79 Å². The number of hydrogen-bond acceptors (Lipinski definition) is 1. The van der Waals surface area contributed by atoms with Crippen molar-refractivity contribution in [1.29, 1.82) is 0 Å². The molecule has 0 aliphatic heterocycles. The summed E-state index contributed by atoms with van der Waals surface area (Å²) in [6.07, 6.45) is 0. The van der Waals surface area contributed by atoms with Crippen LogP contribution in [0.4, 0.5) is 0 Å². The number of carbonyl (C=O) groups is 1. The van der Waals surface area contributed by atoms with Gasteiger partial charge < -0.3 is 0 Å². The Balaban J connectivity index is 1.76. The summed E-state index contributed by atoms with van der Waals surface area (Å²) >= 11 is 0. The Labute approximate surface area is 166 Å². The van der Waals surface area contributed by atoms with Gasteiger partial charge in [-0.25, -0.2) is 0 Å². The van der Waals surface area contributed by atoms with Crippen molar-refractivity contribution in [1.82, 2.24) is 0 Å². The molecule has 0 fully saturated rings. The number of carbonyl (C=O) groups excluding carboxylic acids is 1. The van der Waals surface area contributed by atoms with Crippen LogP contribution in [0.5, 0.6) is 0 Å². The van der Waals surface area contributed by atoms with E-state index in [1.54, 1.807) is 6.92 Å². The molecule has 0 N–H and O–H groups in total. The Hall–Kier alpha value is -3.45. The van der Waals surface area contributed by atoms with Gasteiger partial charge in [0.25, 0.3) is 0 Å². The topological polar surface area (TPSA) is 17.1 Å². The van der Waals surface area contributed by atoms with Crippen LogP contribution in [0.2, 0.25) is 0 Å². The van der Waals surface area contributed by atoms with Crippen molar-refractivity contribution in [3.8, 4) is 22.3 Å². The summed E-state index contributed by atoms with van der Waals surface area (Å²) in [5, 5.41) is 0. The molecule has 1 heteroatoms. The molecule has 0 aromatic heterocycles. The van der Waals surface area contributed by atoms with Gasteiger partial charge in [0.2, 0.25) is 0 Å². The van der Waals surface area contributed by atoms with E-state index >= 15 is 0 Å². The monoisotopic (exact) mass is 362 g/mol. The minimum Gasteiger partial charge on any atom is -0.299 e. The second kappa shape index (κ2) is 8.06. The van der Waals surface area contributed by atoms with Crippen LogP contribution in [-0.2, 0) is 4.79 Å². The van der Waals surface area contributed by atoms with Crippen molar-refractivity contribution in [2.45, 2.75) is 12.8 Å². The molecule has 1 nitrogen and oxygen atoms in total. The third-order valence-electron chi connectivity index (χ3n) is 5.06. The van der Waals surface area contributed by atoms with E-state index in [0.29, 0.717) is 0 Å². The lowest BCUT2D eigenvalue weighted by atomic mass is 9.85. The first-order valence-electron chi connectivity index (χ1n) is 9.53. The van der Waals surface area contributed by atoms with Gasteiger partial charge in [-0.15, -0.1) is 0 Å². The Morgan fingerprint density at radius 1 is 0.536 bits per heavy atom. The predicted molar refractivity (Wildman–Crippen MR) is 116 cm³/mol. The lowest BCUT2D eigenvalue weighted by Crippen LogP contribution is -2.10. The minimum absolute atomic E-state index is 0.149. The molecule has 28 heavy (non-hydrogen) atoms. The van der Waals surface area contributed by atoms with Gasteiger partial charge in [-0.1, -0.05) is 109 Å². The molecular weight excluding hydrogens is 340 g/mol. The van der Waals surface area contributed by atoms with Crippen molar-refractivity contribution in [3.05, 3.63) is 120 Å².